The van der Waals surface area contributed by atoms with Gasteiger partial charge in [0.25, 0.3) is 0 Å². The average molecular weight is 371 g/mol. The van der Waals surface area contributed by atoms with Gasteiger partial charge >= 0.3 is 0 Å². The van der Waals surface area contributed by atoms with Gasteiger partial charge in [-0.05, 0) is 55.8 Å². The molecule has 1 saturated heterocycles. The number of methoxy groups -OCH3 is 1. The molecule has 2 heterocycles. The van der Waals surface area contributed by atoms with Crippen LogP contribution in [-0.2, 0) is 0 Å². The molecule has 0 bridgehead atoms. The maximum atomic E-state index is 12.2. The number of Topliss-reactive ketones (excluding diaryl/α,β-unsaturated/α-hetero) is 1. The lowest BCUT2D eigenvalue weighted by Crippen LogP contribution is -2.27. The number of carbonyl (C=O) groups is 1. The van der Waals surface area contributed by atoms with Crippen LogP contribution in [0, 0.1) is 0 Å². The Bertz CT molecular complexity index is 691. The molecule has 1 atom stereocenters. The second-order valence-corrected chi connectivity index (χ2v) is 7.84. The van der Waals surface area contributed by atoms with Gasteiger partial charge in [-0.1, -0.05) is 12.1 Å². The second kappa shape index (κ2) is 9.74. The lowest BCUT2D eigenvalue weighted by Gasteiger charge is -2.19. The Morgan fingerprint density at radius 3 is 2.85 bits per heavy atom. The quantitative estimate of drug-likeness (QED) is 0.682. The summed E-state index contributed by atoms with van der Waals surface area (Å²) in [6, 6.07) is 12.1. The number of ketones is 1. The van der Waals surface area contributed by atoms with Crippen molar-refractivity contribution in [2.75, 3.05) is 32.5 Å². The zero-order valence-electron chi connectivity index (χ0n) is 15.3. The van der Waals surface area contributed by atoms with Gasteiger partial charge in [0.05, 0.1) is 7.11 Å². The molecule has 0 N–H and O–H groups in total. The monoisotopic (exact) mass is 370 g/mol. The molecule has 0 spiro atoms. The Morgan fingerprint density at radius 2 is 2.12 bits per heavy atom. The van der Waals surface area contributed by atoms with Crippen LogP contribution in [0.1, 0.15) is 40.4 Å². The summed E-state index contributed by atoms with van der Waals surface area (Å²) in [6.07, 6.45) is 6.01. The van der Waals surface area contributed by atoms with E-state index in [2.05, 4.69) is 22.0 Å². The van der Waals surface area contributed by atoms with E-state index < -0.39 is 0 Å². The minimum atomic E-state index is 0.193. The molecular formula is C21H26N2O2S. The van der Waals surface area contributed by atoms with Crippen LogP contribution in [0.15, 0.2) is 48.8 Å². The molecule has 1 fully saturated rings. The maximum absolute atomic E-state index is 12.2. The van der Waals surface area contributed by atoms with E-state index >= 15 is 0 Å². The van der Waals surface area contributed by atoms with Crippen LogP contribution in [-0.4, -0.2) is 48.2 Å². The minimum Gasteiger partial charge on any atom is -0.497 e. The summed E-state index contributed by atoms with van der Waals surface area (Å²) < 4.78 is 5.25. The molecule has 0 radical (unpaired) electrons. The molecule has 1 aromatic heterocycles. The number of hydrogen-bond donors (Lipinski definition) is 0. The summed E-state index contributed by atoms with van der Waals surface area (Å²) in [5, 5.41) is 0.544. The number of thioether (sulfide) groups is 1. The number of carbonyl (C=O) groups excluding carboxylic acids is 1. The molecular weight excluding hydrogens is 344 g/mol. The zero-order valence-corrected chi connectivity index (χ0v) is 16.1. The molecule has 1 unspecified atom stereocenters. The van der Waals surface area contributed by atoms with Crippen LogP contribution < -0.4 is 4.74 Å². The van der Waals surface area contributed by atoms with E-state index in [9.17, 15) is 4.79 Å². The van der Waals surface area contributed by atoms with Crippen LogP contribution in [0.2, 0.25) is 0 Å². The van der Waals surface area contributed by atoms with Crippen LogP contribution in [0.4, 0.5) is 0 Å². The van der Waals surface area contributed by atoms with Crippen LogP contribution >= 0.6 is 11.8 Å². The molecule has 26 heavy (non-hydrogen) atoms. The highest BCUT2D eigenvalue weighted by molar-refractivity contribution is 7.99. The molecule has 4 nitrogen and oxygen atoms in total. The molecule has 0 aliphatic carbocycles. The van der Waals surface area contributed by atoms with Crippen molar-refractivity contribution >= 4 is 17.5 Å². The van der Waals surface area contributed by atoms with Crippen molar-refractivity contribution in [2.24, 2.45) is 0 Å². The van der Waals surface area contributed by atoms with Gasteiger partial charge in [-0.25, -0.2) is 0 Å². The van der Waals surface area contributed by atoms with Crippen molar-refractivity contribution < 1.29 is 9.53 Å². The first-order valence-electron chi connectivity index (χ1n) is 9.17. The molecule has 5 heteroatoms. The number of rotatable bonds is 7. The standard InChI is InChI=1S/C21H26N2O2S/c1-25-19-8-6-17(7-9-19)21-10-13-23(14-15-26-21)12-3-5-20(24)18-4-2-11-22-16-18/h2,4,6-9,11,16,21H,3,5,10,12-15H2,1H3. The van der Waals surface area contributed by atoms with Crippen molar-refractivity contribution in [1.29, 1.82) is 0 Å². The summed E-state index contributed by atoms with van der Waals surface area (Å²) in [7, 11) is 1.70. The van der Waals surface area contributed by atoms with E-state index in [1.54, 1.807) is 19.5 Å². The molecule has 1 aliphatic heterocycles. The molecule has 3 rings (SSSR count). The first-order valence-corrected chi connectivity index (χ1v) is 10.2. The predicted octanol–water partition coefficient (Wildman–Crippen LogP) is 4.23. The molecule has 1 aromatic carbocycles. The van der Waals surface area contributed by atoms with E-state index in [1.165, 1.54) is 5.56 Å². The Balaban J connectivity index is 1.44. The fraction of sp³-hybridized carbons (Fsp3) is 0.429. The third-order valence-electron chi connectivity index (χ3n) is 4.78. The Hall–Kier alpha value is -1.85. The lowest BCUT2D eigenvalue weighted by atomic mass is 10.1. The summed E-state index contributed by atoms with van der Waals surface area (Å²) in [5.74, 6) is 2.23. The number of hydrogen-bond acceptors (Lipinski definition) is 5. The van der Waals surface area contributed by atoms with Gasteiger partial charge in [-0.2, -0.15) is 11.8 Å². The SMILES string of the molecule is COc1ccc(C2CCN(CCCC(=O)c3cccnc3)CCS2)cc1. The Labute approximate surface area is 160 Å². The molecule has 138 valence electrons. The third kappa shape index (κ3) is 5.32. The fourth-order valence-corrected chi connectivity index (χ4v) is 4.53. The molecule has 1 aliphatic rings. The van der Waals surface area contributed by atoms with Gasteiger partial charge in [-0.15, -0.1) is 0 Å². The van der Waals surface area contributed by atoms with Crippen LogP contribution in [0.25, 0.3) is 0 Å². The molecule has 0 saturated carbocycles. The van der Waals surface area contributed by atoms with Crippen molar-refractivity contribution in [2.45, 2.75) is 24.5 Å². The van der Waals surface area contributed by atoms with Crippen LogP contribution in [0.3, 0.4) is 0 Å². The topological polar surface area (TPSA) is 42.4 Å². The van der Waals surface area contributed by atoms with Gasteiger partial charge in [0, 0.05) is 41.9 Å². The smallest absolute Gasteiger partial charge is 0.164 e. The Kier molecular flexibility index (Phi) is 7.09. The van der Waals surface area contributed by atoms with E-state index in [4.69, 9.17) is 4.74 Å². The zero-order chi connectivity index (χ0) is 18.2. The summed E-state index contributed by atoms with van der Waals surface area (Å²) in [6.45, 7) is 3.17. The van der Waals surface area contributed by atoms with E-state index in [-0.39, 0.29) is 5.78 Å². The normalized spacial score (nSPS) is 18.3. The minimum absolute atomic E-state index is 0.193. The van der Waals surface area contributed by atoms with Crippen LogP contribution in [0.5, 0.6) is 5.75 Å². The second-order valence-electron chi connectivity index (χ2n) is 6.53. The maximum Gasteiger partial charge on any atom is 0.164 e. The number of benzene rings is 1. The van der Waals surface area contributed by atoms with Gasteiger partial charge in [0.2, 0.25) is 0 Å². The fourth-order valence-electron chi connectivity index (χ4n) is 3.26. The summed E-state index contributed by atoms with van der Waals surface area (Å²) >= 11 is 2.03. The average Bonchev–Trinajstić information content (AvgIpc) is 2.94. The number of ether oxygens (including phenoxy) is 1. The van der Waals surface area contributed by atoms with Gasteiger partial charge in [-0.3, -0.25) is 9.78 Å². The highest BCUT2D eigenvalue weighted by atomic mass is 32.2. The lowest BCUT2D eigenvalue weighted by molar-refractivity contribution is 0.0974. The third-order valence-corrected chi connectivity index (χ3v) is 6.11. The molecule has 2 aromatic rings. The first kappa shape index (κ1) is 18.9. The number of aromatic nitrogens is 1. The number of pyridine rings is 1. The largest absolute Gasteiger partial charge is 0.497 e. The Morgan fingerprint density at radius 1 is 1.27 bits per heavy atom. The predicted molar refractivity (Wildman–Crippen MR) is 107 cm³/mol. The van der Waals surface area contributed by atoms with Gasteiger partial charge < -0.3 is 9.64 Å². The number of nitrogens with zero attached hydrogens (tertiary/aromatic N) is 2. The van der Waals surface area contributed by atoms with Crippen molar-refractivity contribution in [1.82, 2.24) is 9.88 Å². The van der Waals surface area contributed by atoms with Crippen molar-refractivity contribution in [3.63, 3.8) is 0 Å². The first-order chi connectivity index (χ1) is 12.8. The van der Waals surface area contributed by atoms with E-state index in [0.29, 0.717) is 11.7 Å². The highest BCUT2D eigenvalue weighted by Crippen LogP contribution is 2.35. The summed E-state index contributed by atoms with van der Waals surface area (Å²) in [4.78, 5) is 18.7. The van der Waals surface area contributed by atoms with E-state index in [0.717, 1.165) is 49.5 Å². The van der Waals surface area contributed by atoms with Crippen molar-refractivity contribution in [3.8, 4) is 5.75 Å². The summed E-state index contributed by atoms with van der Waals surface area (Å²) in [5.41, 5.74) is 2.10. The highest BCUT2D eigenvalue weighted by Gasteiger charge is 2.19. The molecule has 0 amide bonds. The van der Waals surface area contributed by atoms with Crippen molar-refractivity contribution in [3.05, 3.63) is 59.9 Å². The van der Waals surface area contributed by atoms with Gasteiger partial charge in [0.15, 0.2) is 5.78 Å². The van der Waals surface area contributed by atoms with Gasteiger partial charge in [0.1, 0.15) is 5.75 Å². The van der Waals surface area contributed by atoms with E-state index in [1.807, 2.05) is 36.0 Å².